The summed E-state index contributed by atoms with van der Waals surface area (Å²) in [6.07, 6.45) is 1.11. The Morgan fingerprint density at radius 1 is 1.30 bits per heavy atom. The predicted molar refractivity (Wildman–Crippen MR) is 73.0 cm³/mol. The van der Waals surface area contributed by atoms with Crippen molar-refractivity contribution in [2.45, 2.75) is 4.90 Å². The molecule has 0 aliphatic heterocycles. The molecule has 1 aromatic heterocycles. The van der Waals surface area contributed by atoms with Gasteiger partial charge in [0.2, 0.25) is 5.88 Å². The summed E-state index contributed by atoms with van der Waals surface area (Å²) in [5, 5.41) is 8.83. The molecule has 0 amide bonds. The fraction of sp³-hybridized carbons (Fsp3) is 0.0769. The van der Waals surface area contributed by atoms with Gasteiger partial charge in [-0.05, 0) is 24.3 Å². The lowest BCUT2D eigenvalue weighted by Crippen LogP contribution is -1.98. The number of anilines is 1. The molecule has 0 radical (unpaired) electrons. The van der Waals surface area contributed by atoms with E-state index in [1.54, 1.807) is 12.1 Å². The van der Waals surface area contributed by atoms with Gasteiger partial charge in [0.25, 0.3) is 0 Å². The molecule has 1 aromatic carbocycles. The van der Waals surface area contributed by atoms with E-state index >= 15 is 0 Å². The summed E-state index contributed by atoms with van der Waals surface area (Å²) in [5.41, 5.74) is 5.87. The molecule has 6 nitrogen and oxygen atoms in total. The number of hydrogen-bond acceptors (Lipinski definition) is 6. The second-order valence-electron chi connectivity index (χ2n) is 4.05. The van der Waals surface area contributed by atoms with E-state index in [0.29, 0.717) is 5.75 Å². The van der Waals surface area contributed by atoms with Crippen LogP contribution in [0.15, 0.2) is 41.3 Å². The minimum atomic E-state index is -3.31. The monoisotopic (exact) mass is 289 g/mol. The Morgan fingerprint density at radius 2 is 2.05 bits per heavy atom. The third-order valence-electron chi connectivity index (χ3n) is 2.46. The third-order valence-corrected chi connectivity index (χ3v) is 3.57. The molecular formula is C13H11N3O3S. The van der Waals surface area contributed by atoms with Crippen LogP contribution in [0.2, 0.25) is 0 Å². The molecule has 0 spiro atoms. The number of hydrogen-bond donors (Lipinski definition) is 1. The lowest BCUT2D eigenvalue weighted by atomic mass is 10.3. The van der Waals surface area contributed by atoms with E-state index < -0.39 is 9.84 Å². The molecule has 2 N–H and O–H groups in total. The van der Waals surface area contributed by atoms with E-state index in [1.165, 1.54) is 24.3 Å². The van der Waals surface area contributed by atoms with Gasteiger partial charge in [0, 0.05) is 12.3 Å². The second-order valence-corrected chi connectivity index (χ2v) is 6.06. The molecule has 0 aliphatic rings. The molecule has 0 atom stereocenters. The van der Waals surface area contributed by atoms with Crippen molar-refractivity contribution >= 4 is 15.5 Å². The highest BCUT2D eigenvalue weighted by Crippen LogP contribution is 2.24. The van der Waals surface area contributed by atoms with E-state index in [2.05, 4.69) is 4.98 Å². The zero-order chi connectivity index (χ0) is 14.8. The van der Waals surface area contributed by atoms with Crippen molar-refractivity contribution in [3.63, 3.8) is 0 Å². The number of sulfone groups is 1. The lowest BCUT2D eigenvalue weighted by Gasteiger charge is -2.07. The maximum absolute atomic E-state index is 11.5. The molecule has 0 bridgehead atoms. The summed E-state index contributed by atoms with van der Waals surface area (Å²) in [6.45, 7) is 0. The van der Waals surface area contributed by atoms with E-state index in [1.807, 2.05) is 6.07 Å². The van der Waals surface area contributed by atoms with E-state index in [4.69, 9.17) is 15.7 Å². The number of ether oxygens (including phenoxy) is 1. The van der Waals surface area contributed by atoms with Crippen molar-refractivity contribution in [1.82, 2.24) is 4.98 Å². The topological polar surface area (TPSA) is 106 Å². The van der Waals surface area contributed by atoms with Crippen molar-refractivity contribution < 1.29 is 13.2 Å². The maximum atomic E-state index is 11.5. The summed E-state index contributed by atoms with van der Waals surface area (Å²) in [7, 11) is -3.31. The number of nitrogens with two attached hydrogens (primary N) is 1. The van der Waals surface area contributed by atoms with Crippen LogP contribution in [0.1, 0.15) is 5.69 Å². The highest BCUT2D eigenvalue weighted by atomic mass is 32.2. The van der Waals surface area contributed by atoms with Gasteiger partial charge in [0.15, 0.2) is 15.5 Å². The predicted octanol–water partition coefficient (Wildman–Crippen LogP) is 1.73. The average molecular weight is 289 g/mol. The van der Waals surface area contributed by atoms with Crippen molar-refractivity contribution in [1.29, 1.82) is 5.26 Å². The fourth-order valence-corrected chi connectivity index (χ4v) is 2.14. The summed E-state index contributed by atoms with van der Waals surface area (Å²) >= 11 is 0. The quantitative estimate of drug-likeness (QED) is 0.922. The molecular weight excluding hydrogens is 278 g/mol. The van der Waals surface area contributed by atoms with Crippen LogP contribution in [0, 0.1) is 11.3 Å². The van der Waals surface area contributed by atoms with Gasteiger partial charge in [-0.1, -0.05) is 6.07 Å². The van der Waals surface area contributed by atoms with Gasteiger partial charge in [-0.25, -0.2) is 13.4 Å². The Hall–Kier alpha value is -2.59. The Labute approximate surface area is 116 Å². The number of nitrogen functional groups attached to an aromatic ring is 1. The van der Waals surface area contributed by atoms with Crippen LogP contribution in [0.5, 0.6) is 11.6 Å². The van der Waals surface area contributed by atoms with Crippen molar-refractivity contribution in [2.24, 2.45) is 0 Å². The smallest absolute Gasteiger partial charge is 0.220 e. The molecule has 7 heteroatoms. The van der Waals surface area contributed by atoms with E-state index in [9.17, 15) is 8.42 Å². The number of rotatable bonds is 3. The first-order chi connectivity index (χ1) is 9.40. The zero-order valence-electron chi connectivity index (χ0n) is 10.6. The van der Waals surface area contributed by atoms with Gasteiger partial charge >= 0.3 is 0 Å². The first kappa shape index (κ1) is 13.8. The Balaban J connectivity index is 2.34. The molecule has 0 fully saturated rings. The van der Waals surface area contributed by atoms with Crippen LogP contribution < -0.4 is 10.5 Å². The van der Waals surface area contributed by atoms with Crippen LogP contribution in [0.25, 0.3) is 0 Å². The van der Waals surface area contributed by atoms with E-state index in [-0.39, 0.29) is 22.2 Å². The Kier molecular flexibility index (Phi) is 3.59. The summed E-state index contributed by atoms with van der Waals surface area (Å²) in [6, 6.07) is 10.9. The van der Waals surface area contributed by atoms with Gasteiger partial charge in [0.1, 0.15) is 11.8 Å². The number of aromatic nitrogens is 1. The standard InChI is InChI=1S/C13H11N3O3S/c1-20(17,18)10-4-2-3-9(7-10)19-13-6-5-11(15)12(8-14)16-13/h2-7H,15H2,1H3. The summed E-state index contributed by atoms with van der Waals surface area (Å²) in [5.74, 6) is 0.482. The van der Waals surface area contributed by atoms with Crippen molar-refractivity contribution in [3.05, 3.63) is 42.1 Å². The Morgan fingerprint density at radius 3 is 2.70 bits per heavy atom. The number of nitriles is 1. The highest BCUT2D eigenvalue weighted by Gasteiger charge is 2.09. The SMILES string of the molecule is CS(=O)(=O)c1cccc(Oc2ccc(N)c(C#N)n2)c1. The maximum Gasteiger partial charge on any atom is 0.220 e. The van der Waals surface area contributed by atoms with Crippen LogP contribution >= 0.6 is 0 Å². The number of pyridine rings is 1. The largest absolute Gasteiger partial charge is 0.439 e. The van der Waals surface area contributed by atoms with Gasteiger partial charge in [0.05, 0.1) is 10.6 Å². The molecule has 0 unspecified atom stereocenters. The molecule has 20 heavy (non-hydrogen) atoms. The van der Waals surface area contributed by atoms with Crippen LogP contribution in [0.4, 0.5) is 5.69 Å². The van der Waals surface area contributed by atoms with Gasteiger partial charge in [-0.2, -0.15) is 5.26 Å². The molecule has 2 aromatic rings. The lowest BCUT2D eigenvalue weighted by molar-refractivity contribution is 0.461. The molecule has 0 saturated carbocycles. The fourth-order valence-electron chi connectivity index (χ4n) is 1.49. The summed E-state index contributed by atoms with van der Waals surface area (Å²) in [4.78, 5) is 4.06. The van der Waals surface area contributed by atoms with Gasteiger partial charge in [-0.15, -0.1) is 0 Å². The zero-order valence-corrected chi connectivity index (χ0v) is 11.4. The molecule has 1 heterocycles. The number of nitrogens with zero attached hydrogens (tertiary/aromatic N) is 2. The van der Waals surface area contributed by atoms with Gasteiger partial charge < -0.3 is 10.5 Å². The highest BCUT2D eigenvalue weighted by molar-refractivity contribution is 7.90. The minimum Gasteiger partial charge on any atom is -0.439 e. The molecule has 0 aliphatic carbocycles. The van der Waals surface area contributed by atoms with Gasteiger partial charge in [-0.3, -0.25) is 0 Å². The normalized spacial score (nSPS) is 10.8. The first-order valence-corrected chi connectivity index (χ1v) is 7.44. The third kappa shape index (κ3) is 3.05. The van der Waals surface area contributed by atoms with E-state index in [0.717, 1.165) is 6.26 Å². The Bertz CT molecular complexity index is 795. The molecule has 102 valence electrons. The average Bonchev–Trinajstić information content (AvgIpc) is 2.40. The number of benzene rings is 1. The van der Waals surface area contributed by atoms with Crippen LogP contribution in [-0.2, 0) is 9.84 Å². The van der Waals surface area contributed by atoms with Crippen LogP contribution in [0.3, 0.4) is 0 Å². The summed E-state index contributed by atoms with van der Waals surface area (Å²) < 4.78 is 28.3. The van der Waals surface area contributed by atoms with Crippen molar-refractivity contribution in [3.8, 4) is 17.7 Å². The minimum absolute atomic E-state index is 0.0572. The second kappa shape index (κ2) is 5.19. The molecule has 0 saturated heterocycles. The first-order valence-electron chi connectivity index (χ1n) is 5.55. The molecule has 2 rings (SSSR count). The van der Waals surface area contributed by atoms with Crippen LogP contribution in [-0.4, -0.2) is 19.7 Å². The van der Waals surface area contributed by atoms with Crippen molar-refractivity contribution in [2.75, 3.05) is 12.0 Å².